The lowest BCUT2D eigenvalue weighted by molar-refractivity contribution is -0.139. The van der Waals surface area contributed by atoms with Crippen LogP contribution in [0.3, 0.4) is 0 Å². The van der Waals surface area contributed by atoms with Crippen LogP contribution in [0.2, 0.25) is 0 Å². The maximum Gasteiger partial charge on any atom is 0.420 e. The molecule has 1 aliphatic carbocycles. The number of ether oxygens (including phenoxy) is 1. The van der Waals surface area contributed by atoms with Gasteiger partial charge in [0.25, 0.3) is 0 Å². The van der Waals surface area contributed by atoms with Gasteiger partial charge in [-0.2, -0.15) is 13.2 Å². The largest absolute Gasteiger partial charge is 0.493 e. The van der Waals surface area contributed by atoms with Gasteiger partial charge >= 0.3 is 6.18 Å². The third kappa shape index (κ3) is 4.19. The number of hydrogen-bond donors (Lipinski definition) is 1. The van der Waals surface area contributed by atoms with Crippen LogP contribution in [0.1, 0.15) is 23.5 Å². The molecule has 0 aliphatic heterocycles. The van der Waals surface area contributed by atoms with E-state index in [2.05, 4.69) is 0 Å². The molecule has 3 rings (SSSR count). The van der Waals surface area contributed by atoms with Gasteiger partial charge in [0.05, 0.1) is 11.5 Å². The molecule has 2 aromatic carbocycles. The average Bonchev–Trinajstić information content (AvgIpc) is 3.32. The SMILES string of the molecule is NS(=O)c1ccc([C@@H]2C[C@H]2COc2ccc(F)cc2C(F)(F)F)cc1. The fraction of sp³-hybridized carbons (Fsp3) is 0.294. The van der Waals surface area contributed by atoms with Gasteiger partial charge in [-0.25, -0.2) is 13.7 Å². The van der Waals surface area contributed by atoms with E-state index in [0.717, 1.165) is 24.1 Å². The summed E-state index contributed by atoms with van der Waals surface area (Å²) in [4.78, 5) is 0.512. The van der Waals surface area contributed by atoms with Gasteiger partial charge in [-0.3, -0.25) is 0 Å². The van der Waals surface area contributed by atoms with Crippen LogP contribution in [-0.4, -0.2) is 10.8 Å². The molecule has 0 saturated heterocycles. The summed E-state index contributed by atoms with van der Waals surface area (Å²) in [5.74, 6) is -1.06. The van der Waals surface area contributed by atoms with Crippen LogP contribution in [0.4, 0.5) is 17.6 Å². The minimum Gasteiger partial charge on any atom is -0.493 e. The highest BCUT2D eigenvalue weighted by Crippen LogP contribution is 2.48. The van der Waals surface area contributed by atoms with E-state index in [4.69, 9.17) is 9.88 Å². The molecule has 0 aromatic heterocycles. The highest BCUT2D eigenvalue weighted by molar-refractivity contribution is 7.82. The lowest BCUT2D eigenvalue weighted by Gasteiger charge is -2.14. The zero-order valence-electron chi connectivity index (χ0n) is 12.9. The number of alkyl halides is 3. The van der Waals surface area contributed by atoms with Crippen molar-refractivity contribution in [3.05, 3.63) is 59.4 Å². The van der Waals surface area contributed by atoms with Crippen molar-refractivity contribution in [1.29, 1.82) is 0 Å². The Labute approximate surface area is 144 Å². The van der Waals surface area contributed by atoms with Gasteiger partial charge in [0, 0.05) is 5.92 Å². The van der Waals surface area contributed by atoms with E-state index in [-0.39, 0.29) is 24.2 Å². The molecule has 134 valence electrons. The molecule has 0 radical (unpaired) electrons. The molecule has 1 unspecified atom stereocenters. The lowest BCUT2D eigenvalue weighted by atomic mass is 10.1. The molecular formula is C17H15F4NO2S. The van der Waals surface area contributed by atoms with Crippen LogP contribution in [-0.2, 0) is 17.2 Å². The molecule has 0 amide bonds. The van der Waals surface area contributed by atoms with E-state index in [0.29, 0.717) is 11.0 Å². The van der Waals surface area contributed by atoms with Crippen molar-refractivity contribution in [2.75, 3.05) is 6.61 Å². The first-order valence-electron chi connectivity index (χ1n) is 7.51. The van der Waals surface area contributed by atoms with Crippen LogP contribution in [0.25, 0.3) is 0 Å². The maximum atomic E-state index is 13.1. The monoisotopic (exact) mass is 373 g/mol. The molecular weight excluding hydrogens is 358 g/mol. The first-order valence-corrected chi connectivity index (χ1v) is 8.72. The van der Waals surface area contributed by atoms with E-state index in [1.807, 2.05) is 12.1 Å². The zero-order valence-corrected chi connectivity index (χ0v) is 13.7. The Morgan fingerprint density at radius 1 is 1.16 bits per heavy atom. The summed E-state index contributed by atoms with van der Waals surface area (Å²) in [7, 11) is -1.54. The molecule has 2 N–H and O–H groups in total. The lowest BCUT2D eigenvalue weighted by Crippen LogP contribution is -2.11. The van der Waals surface area contributed by atoms with Crippen molar-refractivity contribution >= 4 is 11.0 Å². The summed E-state index contributed by atoms with van der Waals surface area (Å²) in [6, 6.07) is 9.34. The van der Waals surface area contributed by atoms with E-state index < -0.39 is 28.5 Å². The maximum absolute atomic E-state index is 13.1. The van der Waals surface area contributed by atoms with Gasteiger partial charge in [-0.15, -0.1) is 0 Å². The first-order chi connectivity index (χ1) is 11.8. The van der Waals surface area contributed by atoms with Gasteiger partial charge in [0.15, 0.2) is 0 Å². The number of benzene rings is 2. The highest BCUT2D eigenvalue weighted by Gasteiger charge is 2.40. The van der Waals surface area contributed by atoms with Gasteiger partial charge in [0.2, 0.25) is 0 Å². The highest BCUT2D eigenvalue weighted by atomic mass is 32.2. The van der Waals surface area contributed by atoms with Crippen LogP contribution >= 0.6 is 0 Å². The van der Waals surface area contributed by atoms with E-state index in [1.165, 1.54) is 0 Å². The second kappa shape index (κ2) is 6.76. The van der Waals surface area contributed by atoms with Crippen LogP contribution < -0.4 is 9.88 Å². The number of rotatable bonds is 5. The van der Waals surface area contributed by atoms with Crippen LogP contribution in [0.15, 0.2) is 47.4 Å². The summed E-state index contributed by atoms with van der Waals surface area (Å²) < 4.78 is 68.3. The second-order valence-electron chi connectivity index (χ2n) is 5.92. The smallest absolute Gasteiger partial charge is 0.420 e. The zero-order chi connectivity index (χ0) is 18.2. The fourth-order valence-electron chi connectivity index (χ4n) is 2.74. The van der Waals surface area contributed by atoms with E-state index in [1.54, 1.807) is 12.1 Å². The Kier molecular flexibility index (Phi) is 4.83. The molecule has 1 fully saturated rings. The Morgan fingerprint density at radius 3 is 2.44 bits per heavy atom. The van der Waals surface area contributed by atoms with Crippen molar-refractivity contribution in [2.45, 2.75) is 23.4 Å². The van der Waals surface area contributed by atoms with E-state index >= 15 is 0 Å². The summed E-state index contributed by atoms with van der Waals surface area (Å²) >= 11 is 0. The standard InChI is InChI=1S/C17H15F4NO2S/c18-12-3-6-16(15(8-12)17(19,20)21)24-9-11-7-14(11)10-1-4-13(5-2-10)25(22)23/h1-6,8,11,14H,7,9,22H2/t11-,14-,25?/m0/s1. The predicted molar refractivity (Wildman–Crippen MR) is 84.8 cm³/mol. The minimum atomic E-state index is -4.67. The van der Waals surface area contributed by atoms with Crippen LogP contribution in [0.5, 0.6) is 5.75 Å². The number of nitrogens with two attached hydrogens (primary N) is 1. The van der Waals surface area contributed by atoms with Crippen molar-refractivity contribution in [1.82, 2.24) is 0 Å². The van der Waals surface area contributed by atoms with Gasteiger partial charge in [0.1, 0.15) is 28.1 Å². The molecule has 0 bridgehead atoms. The minimum absolute atomic E-state index is 0.0837. The van der Waals surface area contributed by atoms with Gasteiger partial charge in [-0.1, -0.05) is 12.1 Å². The Bertz CT molecular complexity index is 792. The quantitative estimate of drug-likeness (QED) is 0.806. The first kappa shape index (κ1) is 17.9. The Hall–Kier alpha value is -1.93. The average molecular weight is 373 g/mol. The topological polar surface area (TPSA) is 52.3 Å². The molecule has 3 nitrogen and oxygen atoms in total. The molecule has 3 atom stereocenters. The number of hydrogen-bond acceptors (Lipinski definition) is 2. The molecule has 25 heavy (non-hydrogen) atoms. The third-order valence-electron chi connectivity index (χ3n) is 4.16. The molecule has 1 saturated carbocycles. The molecule has 1 aliphatic rings. The number of halogens is 4. The van der Waals surface area contributed by atoms with Crippen LogP contribution in [0, 0.1) is 11.7 Å². The van der Waals surface area contributed by atoms with E-state index in [9.17, 15) is 21.8 Å². The third-order valence-corrected chi connectivity index (χ3v) is 4.90. The van der Waals surface area contributed by atoms with Crippen molar-refractivity contribution < 1.29 is 26.5 Å². The molecule has 8 heteroatoms. The van der Waals surface area contributed by atoms with Gasteiger partial charge in [-0.05, 0) is 48.2 Å². The molecule has 2 aromatic rings. The molecule has 0 spiro atoms. The fourth-order valence-corrected chi connectivity index (χ4v) is 3.14. The Balaban J connectivity index is 1.64. The predicted octanol–water partition coefficient (Wildman–Crippen LogP) is 4.01. The normalized spacial score (nSPS) is 21.0. The van der Waals surface area contributed by atoms with Gasteiger partial charge < -0.3 is 4.74 Å². The summed E-state index contributed by atoms with van der Waals surface area (Å²) in [6.45, 7) is 0.115. The summed E-state index contributed by atoms with van der Waals surface area (Å²) in [6.07, 6.45) is -3.89. The Morgan fingerprint density at radius 2 is 1.84 bits per heavy atom. The summed E-state index contributed by atoms with van der Waals surface area (Å²) in [5.41, 5.74) is -0.113. The summed E-state index contributed by atoms with van der Waals surface area (Å²) in [5, 5.41) is 5.29. The molecule has 0 heterocycles. The van der Waals surface area contributed by atoms with Crippen molar-refractivity contribution in [3.63, 3.8) is 0 Å². The second-order valence-corrected chi connectivity index (χ2v) is 6.98. The van der Waals surface area contributed by atoms with Crippen molar-refractivity contribution in [3.8, 4) is 5.75 Å². The van der Waals surface area contributed by atoms with Crippen molar-refractivity contribution in [2.24, 2.45) is 11.1 Å².